The second-order valence-electron chi connectivity index (χ2n) is 6.01. The monoisotopic (exact) mass is 357 g/mol. The number of methoxy groups -OCH3 is 1. The van der Waals surface area contributed by atoms with Crippen molar-refractivity contribution in [2.24, 2.45) is 0 Å². The first kappa shape index (κ1) is 16.9. The minimum atomic E-state index is -0.188. The standard InChI is InChI=1S/C17H25BrFNO/c1-3-10-20-14(12-17(21-2)8-5-9-17)11-13-6-4-7-15(19)16(13)18/h4,6-7,14,20H,3,5,8-12H2,1-2H3. The molecule has 0 saturated heterocycles. The van der Waals surface area contributed by atoms with Crippen LogP contribution in [0.2, 0.25) is 0 Å². The van der Waals surface area contributed by atoms with E-state index in [1.165, 1.54) is 12.5 Å². The Hall–Kier alpha value is -0.450. The number of rotatable bonds is 8. The van der Waals surface area contributed by atoms with Crippen LogP contribution in [0.1, 0.15) is 44.6 Å². The van der Waals surface area contributed by atoms with E-state index in [0.29, 0.717) is 10.5 Å². The molecular formula is C17H25BrFNO. The lowest BCUT2D eigenvalue weighted by Crippen LogP contribution is -2.46. The van der Waals surface area contributed by atoms with Crippen molar-refractivity contribution in [3.63, 3.8) is 0 Å². The van der Waals surface area contributed by atoms with Gasteiger partial charge in [0.1, 0.15) is 5.82 Å². The lowest BCUT2D eigenvalue weighted by atomic mass is 9.75. The molecule has 1 fully saturated rings. The van der Waals surface area contributed by atoms with Gasteiger partial charge in [-0.25, -0.2) is 4.39 Å². The van der Waals surface area contributed by atoms with E-state index in [0.717, 1.165) is 44.2 Å². The molecule has 1 aromatic carbocycles. The molecule has 0 bridgehead atoms. The summed E-state index contributed by atoms with van der Waals surface area (Å²) in [5.74, 6) is -0.188. The van der Waals surface area contributed by atoms with Crippen LogP contribution in [-0.2, 0) is 11.2 Å². The minimum Gasteiger partial charge on any atom is -0.378 e. The minimum absolute atomic E-state index is 0.0329. The molecule has 1 aliphatic carbocycles. The molecule has 1 unspecified atom stereocenters. The van der Waals surface area contributed by atoms with Crippen LogP contribution in [0.15, 0.2) is 22.7 Å². The van der Waals surface area contributed by atoms with Gasteiger partial charge in [0.2, 0.25) is 0 Å². The second-order valence-corrected chi connectivity index (χ2v) is 6.81. The zero-order chi connectivity index (χ0) is 15.3. The van der Waals surface area contributed by atoms with Crippen molar-refractivity contribution in [3.05, 3.63) is 34.1 Å². The van der Waals surface area contributed by atoms with E-state index in [1.54, 1.807) is 6.07 Å². The van der Waals surface area contributed by atoms with Gasteiger partial charge in [-0.05, 0) is 72.6 Å². The predicted molar refractivity (Wildman–Crippen MR) is 88.1 cm³/mol. The molecule has 1 N–H and O–H groups in total. The Morgan fingerprint density at radius 3 is 2.76 bits per heavy atom. The van der Waals surface area contributed by atoms with Crippen molar-refractivity contribution in [1.82, 2.24) is 5.32 Å². The van der Waals surface area contributed by atoms with Crippen LogP contribution in [0.25, 0.3) is 0 Å². The zero-order valence-electron chi connectivity index (χ0n) is 12.9. The average molecular weight is 358 g/mol. The highest BCUT2D eigenvalue weighted by molar-refractivity contribution is 9.10. The summed E-state index contributed by atoms with van der Waals surface area (Å²) in [7, 11) is 1.81. The van der Waals surface area contributed by atoms with Crippen LogP contribution in [0.3, 0.4) is 0 Å². The van der Waals surface area contributed by atoms with Crippen molar-refractivity contribution >= 4 is 15.9 Å². The molecule has 4 heteroatoms. The predicted octanol–water partition coefficient (Wildman–Crippen LogP) is 4.46. The van der Waals surface area contributed by atoms with E-state index in [2.05, 4.69) is 28.2 Å². The summed E-state index contributed by atoms with van der Waals surface area (Å²) in [6, 6.07) is 5.59. The van der Waals surface area contributed by atoms with E-state index >= 15 is 0 Å². The van der Waals surface area contributed by atoms with Crippen molar-refractivity contribution in [3.8, 4) is 0 Å². The maximum absolute atomic E-state index is 13.7. The SMILES string of the molecule is CCCNC(Cc1cccc(F)c1Br)CC1(OC)CCC1. The summed E-state index contributed by atoms with van der Waals surface area (Å²) in [6.07, 6.45) is 6.44. The Labute approximate surface area is 135 Å². The van der Waals surface area contributed by atoms with Gasteiger partial charge in [0, 0.05) is 13.2 Å². The van der Waals surface area contributed by atoms with Crippen LogP contribution >= 0.6 is 15.9 Å². The fourth-order valence-corrected chi connectivity index (χ4v) is 3.47. The quantitative estimate of drug-likeness (QED) is 0.741. The normalized spacial score (nSPS) is 18.3. The van der Waals surface area contributed by atoms with Gasteiger partial charge < -0.3 is 10.1 Å². The van der Waals surface area contributed by atoms with Crippen LogP contribution in [0, 0.1) is 5.82 Å². The summed E-state index contributed by atoms with van der Waals surface area (Å²) in [5, 5.41) is 3.60. The van der Waals surface area contributed by atoms with Gasteiger partial charge in [0.25, 0.3) is 0 Å². The van der Waals surface area contributed by atoms with Gasteiger partial charge in [-0.2, -0.15) is 0 Å². The first-order valence-corrected chi connectivity index (χ1v) is 8.61. The molecule has 1 aliphatic rings. The van der Waals surface area contributed by atoms with Crippen molar-refractivity contribution < 1.29 is 9.13 Å². The van der Waals surface area contributed by atoms with Crippen molar-refractivity contribution in [2.75, 3.05) is 13.7 Å². The number of ether oxygens (including phenoxy) is 1. The Morgan fingerprint density at radius 2 is 2.19 bits per heavy atom. The maximum Gasteiger partial charge on any atom is 0.137 e. The van der Waals surface area contributed by atoms with E-state index in [1.807, 2.05) is 13.2 Å². The fourth-order valence-electron chi connectivity index (χ4n) is 3.05. The Kier molecular flexibility index (Phi) is 6.20. The molecule has 1 aromatic rings. The average Bonchev–Trinajstić information content (AvgIpc) is 2.44. The second kappa shape index (κ2) is 7.70. The smallest absolute Gasteiger partial charge is 0.137 e. The highest BCUT2D eigenvalue weighted by Crippen LogP contribution is 2.39. The number of halogens is 2. The van der Waals surface area contributed by atoms with Gasteiger partial charge in [0.15, 0.2) is 0 Å². The fraction of sp³-hybridized carbons (Fsp3) is 0.647. The zero-order valence-corrected chi connectivity index (χ0v) is 14.5. The summed E-state index contributed by atoms with van der Waals surface area (Å²) in [6.45, 7) is 3.15. The van der Waals surface area contributed by atoms with Gasteiger partial charge in [-0.1, -0.05) is 19.1 Å². The van der Waals surface area contributed by atoms with E-state index < -0.39 is 0 Å². The van der Waals surface area contributed by atoms with Gasteiger partial charge in [-0.3, -0.25) is 0 Å². The van der Waals surface area contributed by atoms with Gasteiger partial charge in [0.05, 0.1) is 10.1 Å². The molecule has 0 amide bonds. The maximum atomic E-state index is 13.7. The summed E-state index contributed by atoms with van der Waals surface area (Å²) >= 11 is 3.37. The van der Waals surface area contributed by atoms with Crippen LogP contribution < -0.4 is 5.32 Å². The van der Waals surface area contributed by atoms with Crippen molar-refractivity contribution in [1.29, 1.82) is 0 Å². The molecule has 0 radical (unpaired) electrons. The third kappa shape index (κ3) is 4.27. The third-order valence-corrected chi connectivity index (χ3v) is 5.39. The third-order valence-electron chi connectivity index (χ3n) is 4.50. The highest BCUT2D eigenvalue weighted by atomic mass is 79.9. The Bertz CT molecular complexity index is 457. The summed E-state index contributed by atoms with van der Waals surface area (Å²) in [5.41, 5.74) is 1.06. The molecule has 0 spiro atoms. The summed E-state index contributed by atoms with van der Waals surface area (Å²) < 4.78 is 20.0. The highest BCUT2D eigenvalue weighted by Gasteiger charge is 2.38. The van der Waals surface area contributed by atoms with Gasteiger partial charge in [-0.15, -0.1) is 0 Å². The number of hydrogen-bond acceptors (Lipinski definition) is 2. The molecule has 0 aliphatic heterocycles. The summed E-state index contributed by atoms with van der Waals surface area (Å²) in [4.78, 5) is 0. The first-order valence-electron chi connectivity index (χ1n) is 7.81. The van der Waals surface area contributed by atoms with Crippen LogP contribution in [0.5, 0.6) is 0 Å². The number of benzene rings is 1. The number of hydrogen-bond donors (Lipinski definition) is 1. The Morgan fingerprint density at radius 1 is 1.43 bits per heavy atom. The lowest BCUT2D eigenvalue weighted by Gasteiger charge is -2.43. The lowest BCUT2D eigenvalue weighted by molar-refractivity contribution is -0.0834. The molecule has 2 nitrogen and oxygen atoms in total. The molecule has 0 heterocycles. The van der Waals surface area contributed by atoms with E-state index in [9.17, 15) is 4.39 Å². The van der Waals surface area contributed by atoms with E-state index in [4.69, 9.17) is 4.74 Å². The van der Waals surface area contributed by atoms with Crippen LogP contribution in [-0.4, -0.2) is 25.3 Å². The molecule has 21 heavy (non-hydrogen) atoms. The first-order chi connectivity index (χ1) is 10.1. The molecule has 118 valence electrons. The molecule has 2 rings (SSSR count). The Balaban J connectivity index is 2.06. The number of nitrogens with one attached hydrogen (secondary N) is 1. The molecule has 0 aromatic heterocycles. The molecular weight excluding hydrogens is 333 g/mol. The van der Waals surface area contributed by atoms with Crippen molar-refractivity contribution in [2.45, 2.75) is 57.1 Å². The topological polar surface area (TPSA) is 21.3 Å². The largest absolute Gasteiger partial charge is 0.378 e. The molecule has 1 atom stereocenters. The van der Waals surface area contributed by atoms with Gasteiger partial charge >= 0.3 is 0 Å². The van der Waals surface area contributed by atoms with E-state index in [-0.39, 0.29) is 11.4 Å². The van der Waals surface area contributed by atoms with Crippen LogP contribution in [0.4, 0.5) is 4.39 Å². The molecule has 1 saturated carbocycles.